The Morgan fingerprint density at radius 3 is 2.33 bits per heavy atom. The van der Waals surface area contributed by atoms with Gasteiger partial charge in [0.05, 0.1) is 6.61 Å². The van der Waals surface area contributed by atoms with Gasteiger partial charge < -0.3 is 19.3 Å². The molecule has 0 spiro atoms. The van der Waals surface area contributed by atoms with Crippen molar-refractivity contribution < 1.29 is 19.3 Å². The second-order valence-electron chi connectivity index (χ2n) is 3.35. The third kappa shape index (κ3) is 8.81. The van der Waals surface area contributed by atoms with Gasteiger partial charge in [-0.1, -0.05) is 26.7 Å². The number of aliphatic hydroxyl groups is 1. The smallest absolute Gasteiger partial charge is 0.273 e. The molecule has 92 valence electrons. The van der Waals surface area contributed by atoms with Gasteiger partial charge in [-0.3, -0.25) is 0 Å². The second kappa shape index (κ2) is 10.4. The highest BCUT2D eigenvalue weighted by Crippen LogP contribution is 2.06. The Kier molecular flexibility index (Phi) is 10.3. The zero-order valence-corrected chi connectivity index (χ0v) is 10.1. The van der Waals surface area contributed by atoms with Crippen LogP contribution < -0.4 is 0 Å². The summed E-state index contributed by atoms with van der Waals surface area (Å²) in [5, 5.41) is 9.42. The number of ether oxygens (including phenoxy) is 3. The Balaban J connectivity index is 3.70. The van der Waals surface area contributed by atoms with E-state index in [1.807, 2.05) is 13.8 Å². The molecule has 2 unspecified atom stereocenters. The molecule has 0 saturated heterocycles. The van der Waals surface area contributed by atoms with Gasteiger partial charge in [-0.25, -0.2) is 0 Å². The Labute approximate surface area is 92.5 Å². The average Bonchev–Trinajstić information content (AvgIpc) is 2.18. The van der Waals surface area contributed by atoms with Gasteiger partial charge in [0, 0.05) is 6.61 Å². The molecule has 0 fully saturated rings. The van der Waals surface area contributed by atoms with E-state index in [1.54, 1.807) is 0 Å². The van der Waals surface area contributed by atoms with Gasteiger partial charge in [-0.2, -0.15) is 0 Å². The molecular weight excluding hydrogens is 196 g/mol. The van der Waals surface area contributed by atoms with E-state index < -0.39 is 12.8 Å². The molecule has 2 atom stereocenters. The number of hydrogen-bond donors (Lipinski definition) is 1. The fraction of sp³-hybridized carbons (Fsp3) is 1.00. The zero-order valence-electron chi connectivity index (χ0n) is 10.1. The van der Waals surface area contributed by atoms with E-state index in [-0.39, 0.29) is 0 Å². The summed E-state index contributed by atoms with van der Waals surface area (Å²) in [6.07, 6.45) is 2.70. The molecule has 15 heavy (non-hydrogen) atoms. The van der Waals surface area contributed by atoms with Crippen molar-refractivity contribution in [2.75, 3.05) is 13.2 Å². The Bertz CT molecular complexity index is 130. The van der Waals surface area contributed by atoms with Crippen LogP contribution in [0.5, 0.6) is 0 Å². The lowest BCUT2D eigenvalue weighted by molar-refractivity contribution is -0.333. The molecule has 0 aliphatic heterocycles. The summed E-state index contributed by atoms with van der Waals surface area (Å²) in [6, 6.07) is 0. The first-order valence-electron chi connectivity index (χ1n) is 5.81. The minimum absolute atomic E-state index is 0.510. The highest BCUT2D eigenvalue weighted by Gasteiger charge is 2.14. The predicted molar refractivity (Wildman–Crippen MR) is 58.3 cm³/mol. The topological polar surface area (TPSA) is 47.9 Å². The van der Waals surface area contributed by atoms with Gasteiger partial charge in [-0.15, -0.1) is 0 Å². The van der Waals surface area contributed by atoms with Crippen LogP contribution >= 0.6 is 0 Å². The standard InChI is InChI=1S/C11H24O4/c1-4-7-9-14-11(13-6-3)15-10(12)8-5-2/h10-12H,4-9H2,1-3H3. The number of hydrogen-bond acceptors (Lipinski definition) is 4. The number of unbranched alkanes of at least 4 members (excludes halogenated alkanes) is 1. The van der Waals surface area contributed by atoms with Gasteiger partial charge in [0.25, 0.3) is 6.48 Å². The van der Waals surface area contributed by atoms with Crippen LogP contribution in [-0.2, 0) is 14.2 Å². The molecular formula is C11H24O4. The third-order valence-corrected chi connectivity index (χ3v) is 1.86. The van der Waals surface area contributed by atoms with Crippen LogP contribution in [0.3, 0.4) is 0 Å². The maximum Gasteiger partial charge on any atom is 0.273 e. The lowest BCUT2D eigenvalue weighted by atomic mass is 10.3. The van der Waals surface area contributed by atoms with E-state index in [0.29, 0.717) is 19.6 Å². The fourth-order valence-corrected chi connectivity index (χ4v) is 1.03. The summed E-state index contributed by atoms with van der Waals surface area (Å²) in [5.74, 6) is 0. The normalized spacial score (nSPS) is 15.2. The monoisotopic (exact) mass is 220 g/mol. The minimum atomic E-state index is -0.798. The van der Waals surface area contributed by atoms with Crippen molar-refractivity contribution in [1.82, 2.24) is 0 Å². The Morgan fingerprint density at radius 2 is 1.80 bits per heavy atom. The second-order valence-corrected chi connectivity index (χ2v) is 3.35. The van der Waals surface area contributed by atoms with Crippen LogP contribution in [0.25, 0.3) is 0 Å². The summed E-state index contributed by atoms with van der Waals surface area (Å²) in [4.78, 5) is 0. The molecule has 4 heteroatoms. The maximum atomic E-state index is 9.42. The van der Waals surface area contributed by atoms with Crippen molar-refractivity contribution in [3.8, 4) is 0 Å². The molecule has 0 saturated carbocycles. The number of rotatable bonds is 10. The lowest BCUT2D eigenvalue weighted by Crippen LogP contribution is -2.27. The van der Waals surface area contributed by atoms with Crippen LogP contribution in [0.4, 0.5) is 0 Å². The average molecular weight is 220 g/mol. The maximum absolute atomic E-state index is 9.42. The molecule has 0 aliphatic carbocycles. The molecule has 0 aromatic heterocycles. The van der Waals surface area contributed by atoms with Crippen LogP contribution in [0.2, 0.25) is 0 Å². The van der Waals surface area contributed by atoms with Crippen molar-refractivity contribution in [2.24, 2.45) is 0 Å². The summed E-state index contributed by atoms with van der Waals surface area (Å²) in [6.45, 7) is 6.32. The van der Waals surface area contributed by atoms with E-state index in [1.165, 1.54) is 0 Å². The van der Waals surface area contributed by atoms with Crippen LogP contribution in [0.1, 0.15) is 46.5 Å². The van der Waals surface area contributed by atoms with Crippen LogP contribution in [0, 0.1) is 0 Å². The van der Waals surface area contributed by atoms with Gasteiger partial charge in [0.15, 0.2) is 6.29 Å². The number of aliphatic hydroxyl groups excluding tert-OH is 1. The third-order valence-electron chi connectivity index (χ3n) is 1.86. The Hall–Kier alpha value is -0.160. The minimum Gasteiger partial charge on any atom is -0.368 e. The molecule has 0 bridgehead atoms. The molecule has 0 aliphatic rings. The summed E-state index contributed by atoms with van der Waals surface area (Å²) in [5.41, 5.74) is 0. The summed E-state index contributed by atoms with van der Waals surface area (Å²) in [7, 11) is 0. The lowest BCUT2D eigenvalue weighted by Gasteiger charge is -2.21. The molecule has 0 radical (unpaired) electrons. The Morgan fingerprint density at radius 1 is 1.07 bits per heavy atom. The van der Waals surface area contributed by atoms with Gasteiger partial charge >= 0.3 is 0 Å². The van der Waals surface area contributed by atoms with Gasteiger partial charge in [0.1, 0.15) is 0 Å². The van der Waals surface area contributed by atoms with Crippen LogP contribution in [0.15, 0.2) is 0 Å². The highest BCUT2D eigenvalue weighted by molar-refractivity contribution is 4.40. The molecule has 0 rings (SSSR count). The molecule has 0 aromatic carbocycles. The molecule has 0 amide bonds. The van der Waals surface area contributed by atoms with E-state index in [9.17, 15) is 5.11 Å². The first-order valence-corrected chi connectivity index (χ1v) is 5.81. The van der Waals surface area contributed by atoms with E-state index in [2.05, 4.69) is 6.92 Å². The predicted octanol–water partition coefficient (Wildman–Crippen LogP) is 2.26. The largest absolute Gasteiger partial charge is 0.368 e. The van der Waals surface area contributed by atoms with Gasteiger partial charge in [0.2, 0.25) is 0 Å². The van der Waals surface area contributed by atoms with Crippen molar-refractivity contribution in [1.29, 1.82) is 0 Å². The highest BCUT2D eigenvalue weighted by atomic mass is 16.9. The van der Waals surface area contributed by atoms with Crippen molar-refractivity contribution in [3.05, 3.63) is 0 Å². The molecule has 4 nitrogen and oxygen atoms in total. The molecule has 0 aromatic rings. The summed E-state index contributed by atoms with van der Waals surface area (Å²) < 4.78 is 15.7. The quantitative estimate of drug-likeness (QED) is 0.453. The van der Waals surface area contributed by atoms with Crippen LogP contribution in [-0.4, -0.2) is 31.1 Å². The van der Waals surface area contributed by atoms with Crippen molar-refractivity contribution in [3.63, 3.8) is 0 Å². The van der Waals surface area contributed by atoms with E-state index in [4.69, 9.17) is 14.2 Å². The van der Waals surface area contributed by atoms with Crippen molar-refractivity contribution >= 4 is 0 Å². The van der Waals surface area contributed by atoms with Gasteiger partial charge in [-0.05, 0) is 19.8 Å². The van der Waals surface area contributed by atoms with E-state index >= 15 is 0 Å². The molecule has 1 N–H and O–H groups in total. The SMILES string of the molecule is CCCCOC(OCC)OC(O)CCC. The molecule has 0 heterocycles. The first-order chi connectivity index (χ1) is 7.24. The summed E-state index contributed by atoms with van der Waals surface area (Å²) >= 11 is 0. The van der Waals surface area contributed by atoms with Crippen molar-refractivity contribution in [2.45, 2.75) is 59.2 Å². The fourth-order valence-electron chi connectivity index (χ4n) is 1.03. The van der Waals surface area contributed by atoms with E-state index in [0.717, 1.165) is 19.3 Å². The first kappa shape index (κ1) is 14.8. The zero-order chi connectivity index (χ0) is 11.5.